The minimum atomic E-state index is 0.526. The van der Waals surface area contributed by atoms with Gasteiger partial charge >= 0.3 is 0 Å². The average molecular weight is 947 g/mol. The van der Waals surface area contributed by atoms with Gasteiger partial charge in [0, 0.05) is 55.0 Å². The van der Waals surface area contributed by atoms with Crippen molar-refractivity contribution in [3.8, 4) is 90.8 Å². The lowest BCUT2D eigenvalue weighted by Crippen LogP contribution is -2.07. The van der Waals surface area contributed by atoms with Crippen LogP contribution in [0.3, 0.4) is 0 Å². The van der Waals surface area contributed by atoms with Gasteiger partial charge < -0.3 is 4.57 Å². The summed E-state index contributed by atoms with van der Waals surface area (Å²) >= 11 is 0. The molecule has 0 unspecified atom stereocenters. The van der Waals surface area contributed by atoms with Crippen LogP contribution in [0.2, 0.25) is 0 Å². The number of aromatic nitrogens is 8. The minimum Gasteiger partial charge on any atom is -0.307 e. The topological polar surface area (TPSA) is 87.2 Å². The van der Waals surface area contributed by atoms with Gasteiger partial charge in [0.2, 0.25) is 5.95 Å². The first-order valence-corrected chi connectivity index (χ1v) is 24.7. The lowest BCUT2D eigenvalue weighted by molar-refractivity contribution is 0.953. The number of nitrogens with zero attached hydrogens (tertiary/aromatic N) is 8. The molecule has 8 heteroatoms. The van der Waals surface area contributed by atoms with E-state index in [1.807, 2.05) is 84.9 Å². The third-order valence-corrected chi connectivity index (χ3v) is 13.9. The standard InChI is InChI=1S/C66H42N8/c1-5-18-43(19-6-1)50-26-17-27-51(42-50)44-32-34-48(35-33-44)65-70-64(47-24-11-4-12-25-47)71-66(72-65)74-58-31-16-14-29-54(58)56-41-40-55-53-28-13-15-30-57(53)73(59(55)60(56)74)52-38-36-49(37-39-52)63-68-61(45-20-7-2-8-21-45)67-62(69-63)46-22-9-3-10-23-46/h1-42H. The first kappa shape index (κ1) is 42.7. The van der Waals surface area contributed by atoms with Crippen molar-refractivity contribution in [2.75, 3.05) is 0 Å². The molecule has 10 aromatic carbocycles. The Morgan fingerprint density at radius 1 is 0.216 bits per heavy atom. The fraction of sp³-hybridized carbons (Fsp3) is 0. The van der Waals surface area contributed by atoms with Gasteiger partial charge in [0.15, 0.2) is 29.1 Å². The molecular formula is C66H42N8. The molecule has 0 fully saturated rings. The van der Waals surface area contributed by atoms with Crippen molar-refractivity contribution in [2.24, 2.45) is 0 Å². The van der Waals surface area contributed by atoms with E-state index in [9.17, 15) is 0 Å². The molecule has 0 amide bonds. The molecule has 14 aromatic rings. The number of hydrogen-bond donors (Lipinski definition) is 0. The van der Waals surface area contributed by atoms with E-state index in [1.54, 1.807) is 0 Å². The van der Waals surface area contributed by atoms with Gasteiger partial charge in [-0.15, -0.1) is 0 Å². The highest BCUT2D eigenvalue weighted by Crippen LogP contribution is 2.42. The third-order valence-electron chi connectivity index (χ3n) is 13.9. The van der Waals surface area contributed by atoms with E-state index in [2.05, 4.69) is 179 Å². The van der Waals surface area contributed by atoms with E-state index in [1.165, 1.54) is 11.1 Å². The molecule has 0 radical (unpaired) electrons. The molecule has 0 atom stereocenters. The van der Waals surface area contributed by atoms with Crippen molar-refractivity contribution < 1.29 is 0 Å². The summed E-state index contributed by atoms with van der Waals surface area (Å²) in [5.41, 5.74) is 14.2. The number of fused-ring (bicyclic) bond motifs is 7. The molecule has 0 aliphatic carbocycles. The molecule has 0 saturated carbocycles. The third kappa shape index (κ3) is 7.48. The van der Waals surface area contributed by atoms with Crippen LogP contribution in [0.1, 0.15) is 0 Å². The largest absolute Gasteiger partial charge is 0.307 e. The second kappa shape index (κ2) is 17.9. The van der Waals surface area contributed by atoms with Crippen molar-refractivity contribution in [3.05, 3.63) is 255 Å². The smallest absolute Gasteiger partial charge is 0.238 e. The van der Waals surface area contributed by atoms with Gasteiger partial charge in [-0.05, 0) is 64.7 Å². The highest BCUT2D eigenvalue weighted by molar-refractivity contribution is 6.23. The van der Waals surface area contributed by atoms with E-state index < -0.39 is 0 Å². The van der Waals surface area contributed by atoms with Gasteiger partial charge in [0.1, 0.15) is 0 Å². The second-order valence-corrected chi connectivity index (χ2v) is 18.3. The Bertz CT molecular complexity index is 4320. The lowest BCUT2D eigenvalue weighted by Gasteiger charge is -2.14. The fourth-order valence-electron chi connectivity index (χ4n) is 10.3. The zero-order valence-corrected chi connectivity index (χ0v) is 39.8. The summed E-state index contributed by atoms with van der Waals surface area (Å²) in [7, 11) is 0. The molecule has 0 aliphatic heterocycles. The van der Waals surface area contributed by atoms with Gasteiger partial charge in [-0.3, -0.25) is 4.57 Å². The Morgan fingerprint density at radius 2 is 0.541 bits per heavy atom. The van der Waals surface area contributed by atoms with E-state index >= 15 is 0 Å². The van der Waals surface area contributed by atoms with Crippen LogP contribution in [0, 0.1) is 0 Å². The van der Waals surface area contributed by atoms with Crippen molar-refractivity contribution in [1.29, 1.82) is 0 Å². The summed E-state index contributed by atoms with van der Waals surface area (Å²) in [4.78, 5) is 31.0. The van der Waals surface area contributed by atoms with Crippen molar-refractivity contribution in [1.82, 2.24) is 39.0 Å². The van der Waals surface area contributed by atoms with Crippen LogP contribution in [0.25, 0.3) is 134 Å². The Kier molecular flexibility index (Phi) is 10.3. The van der Waals surface area contributed by atoms with Crippen molar-refractivity contribution in [3.63, 3.8) is 0 Å². The van der Waals surface area contributed by atoms with E-state index in [-0.39, 0.29) is 0 Å². The second-order valence-electron chi connectivity index (χ2n) is 18.3. The van der Waals surface area contributed by atoms with Crippen molar-refractivity contribution >= 4 is 43.6 Å². The first-order chi connectivity index (χ1) is 36.7. The maximum absolute atomic E-state index is 5.41. The predicted octanol–water partition coefficient (Wildman–Crippen LogP) is 15.9. The molecular weight excluding hydrogens is 905 g/mol. The normalized spacial score (nSPS) is 11.5. The van der Waals surface area contributed by atoms with Crippen LogP contribution < -0.4 is 0 Å². The van der Waals surface area contributed by atoms with Crippen LogP contribution in [0.15, 0.2) is 255 Å². The molecule has 0 aliphatic rings. The Labute approximate surface area is 426 Å². The minimum absolute atomic E-state index is 0.526. The molecule has 74 heavy (non-hydrogen) atoms. The first-order valence-electron chi connectivity index (χ1n) is 24.7. The van der Waals surface area contributed by atoms with Crippen LogP contribution in [-0.2, 0) is 0 Å². The lowest BCUT2D eigenvalue weighted by atomic mass is 9.98. The van der Waals surface area contributed by atoms with E-state index in [0.29, 0.717) is 35.1 Å². The molecule has 4 heterocycles. The molecule has 4 aromatic heterocycles. The maximum atomic E-state index is 5.41. The molecule has 0 saturated heterocycles. The highest BCUT2D eigenvalue weighted by Gasteiger charge is 2.24. The SMILES string of the molecule is c1ccc(-c2cccc(-c3ccc(-c4nc(-c5ccccc5)nc(-n5c6ccccc6c6ccc7c8ccccc8n(-c8ccc(-c9nc(-c%10ccccc%10)nc(-c%10ccccc%10)n9)cc8)c7c65)n4)cc3)c2)cc1. The number of para-hydroxylation sites is 2. The van der Waals surface area contributed by atoms with Crippen LogP contribution in [0.5, 0.6) is 0 Å². The van der Waals surface area contributed by atoms with Crippen molar-refractivity contribution in [2.45, 2.75) is 0 Å². The molecule has 0 spiro atoms. The van der Waals surface area contributed by atoms with Gasteiger partial charge in [-0.25, -0.2) is 19.9 Å². The number of benzene rings is 10. The quantitative estimate of drug-likeness (QED) is 0.143. The summed E-state index contributed by atoms with van der Waals surface area (Å²) < 4.78 is 4.61. The number of rotatable bonds is 9. The van der Waals surface area contributed by atoms with Gasteiger partial charge in [-0.2, -0.15) is 9.97 Å². The molecule has 8 nitrogen and oxygen atoms in total. The predicted molar refractivity (Wildman–Crippen MR) is 300 cm³/mol. The number of hydrogen-bond acceptors (Lipinski definition) is 6. The average Bonchev–Trinajstić information content (AvgIpc) is 4.08. The molecule has 346 valence electrons. The van der Waals surface area contributed by atoms with Gasteiger partial charge in [0.05, 0.1) is 22.1 Å². The Morgan fingerprint density at radius 3 is 1.01 bits per heavy atom. The van der Waals surface area contributed by atoms with E-state index in [0.717, 1.165) is 88.2 Å². The van der Waals surface area contributed by atoms with Crippen LogP contribution >= 0.6 is 0 Å². The summed E-state index contributed by atoms with van der Waals surface area (Å²) in [5, 5.41) is 4.44. The van der Waals surface area contributed by atoms with E-state index in [4.69, 9.17) is 29.9 Å². The Balaban J connectivity index is 0.949. The maximum Gasteiger partial charge on any atom is 0.238 e. The zero-order valence-electron chi connectivity index (χ0n) is 39.8. The molecule has 0 bridgehead atoms. The summed E-state index contributed by atoms with van der Waals surface area (Å²) in [6, 6.07) is 88.3. The highest BCUT2D eigenvalue weighted by atomic mass is 15.2. The van der Waals surface area contributed by atoms with Crippen LogP contribution in [0.4, 0.5) is 0 Å². The zero-order chi connectivity index (χ0) is 49.0. The summed E-state index contributed by atoms with van der Waals surface area (Å²) in [5.74, 6) is 3.53. The van der Waals surface area contributed by atoms with Crippen LogP contribution in [-0.4, -0.2) is 39.0 Å². The monoisotopic (exact) mass is 946 g/mol. The van der Waals surface area contributed by atoms with Gasteiger partial charge in [-0.1, -0.05) is 212 Å². The van der Waals surface area contributed by atoms with Gasteiger partial charge in [0.25, 0.3) is 0 Å². The molecule has 0 N–H and O–H groups in total. The Hall–Kier alpha value is -10.2. The summed E-state index contributed by atoms with van der Waals surface area (Å²) in [6.07, 6.45) is 0. The fourth-order valence-corrected chi connectivity index (χ4v) is 10.3. The summed E-state index contributed by atoms with van der Waals surface area (Å²) in [6.45, 7) is 0. The molecule has 14 rings (SSSR count).